The number of rotatable bonds is 8. The van der Waals surface area contributed by atoms with Crippen LogP contribution >= 0.6 is 0 Å². The van der Waals surface area contributed by atoms with Crippen LogP contribution in [0.1, 0.15) is 51.5 Å². The molecule has 1 aliphatic heterocycles. The van der Waals surface area contributed by atoms with E-state index < -0.39 is 0 Å². The summed E-state index contributed by atoms with van der Waals surface area (Å²) in [4.78, 5) is 11.2. The van der Waals surface area contributed by atoms with Crippen LogP contribution in [-0.4, -0.2) is 37.6 Å². The van der Waals surface area contributed by atoms with Gasteiger partial charge in [0.05, 0.1) is 0 Å². The van der Waals surface area contributed by atoms with Crippen molar-refractivity contribution in [2.45, 2.75) is 52.5 Å². The number of nitrogens with one attached hydrogen (secondary N) is 2. The highest BCUT2D eigenvalue weighted by molar-refractivity contribution is 5.79. The SMILES string of the molecule is CN=C(NCCCCC(C)C)NCc1ccc(N2CCCC2)nc1. The number of pyridine rings is 1. The molecule has 1 fully saturated rings. The molecular formula is C19H33N5. The molecule has 2 N–H and O–H groups in total. The van der Waals surface area contributed by atoms with Crippen molar-refractivity contribution >= 4 is 11.8 Å². The van der Waals surface area contributed by atoms with Gasteiger partial charge >= 0.3 is 0 Å². The summed E-state index contributed by atoms with van der Waals surface area (Å²) in [6.07, 6.45) is 8.28. The summed E-state index contributed by atoms with van der Waals surface area (Å²) < 4.78 is 0. The Morgan fingerprint density at radius 1 is 1.21 bits per heavy atom. The molecule has 1 aromatic heterocycles. The first-order chi connectivity index (χ1) is 11.7. The van der Waals surface area contributed by atoms with Gasteiger partial charge in [0, 0.05) is 39.4 Å². The third-order valence-corrected chi connectivity index (χ3v) is 4.42. The standard InChI is InChI=1S/C19H33N5/c1-16(2)8-4-5-11-21-19(20-3)23-15-17-9-10-18(22-14-17)24-12-6-7-13-24/h9-10,14,16H,4-8,11-13,15H2,1-3H3,(H2,20,21,23). The quantitative estimate of drug-likeness (QED) is 0.436. The second-order valence-corrected chi connectivity index (χ2v) is 6.96. The van der Waals surface area contributed by atoms with Crippen LogP contribution < -0.4 is 15.5 Å². The highest BCUT2D eigenvalue weighted by atomic mass is 15.2. The van der Waals surface area contributed by atoms with Gasteiger partial charge < -0.3 is 15.5 Å². The summed E-state index contributed by atoms with van der Waals surface area (Å²) >= 11 is 0. The van der Waals surface area contributed by atoms with Gasteiger partial charge in [-0.1, -0.05) is 32.8 Å². The van der Waals surface area contributed by atoms with Crippen LogP contribution in [0.15, 0.2) is 23.3 Å². The monoisotopic (exact) mass is 331 g/mol. The average molecular weight is 332 g/mol. The smallest absolute Gasteiger partial charge is 0.191 e. The fourth-order valence-corrected chi connectivity index (χ4v) is 2.95. The third-order valence-electron chi connectivity index (χ3n) is 4.42. The van der Waals surface area contributed by atoms with Gasteiger partial charge in [-0.05, 0) is 36.8 Å². The minimum Gasteiger partial charge on any atom is -0.357 e. The van der Waals surface area contributed by atoms with E-state index in [-0.39, 0.29) is 0 Å². The maximum atomic E-state index is 4.59. The van der Waals surface area contributed by atoms with Crippen molar-refractivity contribution in [1.82, 2.24) is 15.6 Å². The Bertz CT molecular complexity index is 489. The molecule has 5 heteroatoms. The zero-order valence-corrected chi connectivity index (χ0v) is 15.5. The van der Waals surface area contributed by atoms with E-state index in [1.807, 2.05) is 13.2 Å². The Hall–Kier alpha value is -1.78. The van der Waals surface area contributed by atoms with E-state index in [0.29, 0.717) is 0 Å². The van der Waals surface area contributed by atoms with Crippen LogP contribution in [0.4, 0.5) is 5.82 Å². The molecule has 1 aliphatic rings. The lowest BCUT2D eigenvalue weighted by atomic mass is 10.1. The van der Waals surface area contributed by atoms with E-state index in [2.05, 4.69) is 51.5 Å². The lowest BCUT2D eigenvalue weighted by molar-refractivity contribution is 0.534. The largest absolute Gasteiger partial charge is 0.357 e. The number of aliphatic imine (C=N–C) groups is 1. The molecule has 0 aliphatic carbocycles. The molecule has 0 unspecified atom stereocenters. The molecule has 0 bridgehead atoms. The Labute approximate surface area is 147 Å². The first-order valence-corrected chi connectivity index (χ1v) is 9.33. The maximum absolute atomic E-state index is 4.59. The number of unbranched alkanes of at least 4 members (excludes halogenated alkanes) is 1. The topological polar surface area (TPSA) is 52.6 Å². The van der Waals surface area contributed by atoms with Crippen LogP contribution in [0.25, 0.3) is 0 Å². The van der Waals surface area contributed by atoms with Gasteiger partial charge in [0.2, 0.25) is 0 Å². The Balaban J connectivity index is 1.68. The van der Waals surface area contributed by atoms with E-state index in [0.717, 1.165) is 43.9 Å². The third kappa shape index (κ3) is 6.38. The number of aromatic nitrogens is 1. The molecule has 2 heterocycles. The van der Waals surface area contributed by atoms with Crippen molar-refractivity contribution in [1.29, 1.82) is 0 Å². The van der Waals surface area contributed by atoms with Crippen LogP contribution in [0.5, 0.6) is 0 Å². The molecule has 0 spiro atoms. The van der Waals surface area contributed by atoms with Gasteiger partial charge in [0.1, 0.15) is 5.82 Å². The van der Waals surface area contributed by atoms with Crippen molar-refractivity contribution < 1.29 is 0 Å². The molecule has 0 aromatic carbocycles. The van der Waals surface area contributed by atoms with Crippen molar-refractivity contribution in [3.8, 4) is 0 Å². The van der Waals surface area contributed by atoms with Gasteiger partial charge in [-0.2, -0.15) is 0 Å². The van der Waals surface area contributed by atoms with Gasteiger partial charge in [-0.25, -0.2) is 4.98 Å². The van der Waals surface area contributed by atoms with Gasteiger partial charge in [-0.15, -0.1) is 0 Å². The van der Waals surface area contributed by atoms with Crippen LogP contribution in [0, 0.1) is 5.92 Å². The summed E-state index contributed by atoms with van der Waals surface area (Å²) in [5, 5.41) is 6.74. The Kier molecular flexibility index (Phi) is 7.86. The Morgan fingerprint density at radius 2 is 2.00 bits per heavy atom. The fourth-order valence-electron chi connectivity index (χ4n) is 2.95. The summed E-state index contributed by atoms with van der Waals surface area (Å²) in [6.45, 7) is 8.54. The van der Waals surface area contributed by atoms with Gasteiger partial charge in [0.25, 0.3) is 0 Å². The molecule has 0 atom stereocenters. The van der Waals surface area contributed by atoms with Crippen molar-refractivity contribution in [2.75, 3.05) is 31.6 Å². The van der Waals surface area contributed by atoms with Crippen LogP contribution in [0.3, 0.4) is 0 Å². The van der Waals surface area contributed by atoms with E-state index in [4.69, 9.17) is 0 Å². The molecule has 2 rings (SSSR count). The Morgan fingerprint density at radius 3 is 2.62 bits per heavy atom. The lowest BCUT2D eigenvalue weighted by Gasteiger charge is -2.16. The minimum absolute atomic E-state index is 0.749. The predicted molar refractivity (Wildman–Crippen MR) is 103 cm³/mol. The number of guanidine groups is 1. The second kappa shape index (κ2) is 10.2. The molecule has 0 radical (unpaired) electrons. The van der Waals surface area contributed by atoms with E-state index in [9.17, 15) is 0 Å². The van der Waals surface area contributed by atoms with Gasteiger partial charge in [0.15, 0.2) is 5.96 Å². The average Bonchev–Trinajstić information content (AvgIpc) is 3.12. The molecule has 134 valence electrons. The van der Waals surface area contributed by atoms with Crippen molar-refractivity contribution in [3.05, 3.63) is 23.9 Å². The summed E-state index contributed by atoms with van der Waals surface area (Å²) in [7, 11) is 1.82. The highest BCUT2D eigenvalue weighted by Gasteiger charge is 2.12. The molecule has 1 aromatic rings. The molecule has 5 nitrogen and oxygen atoms in total. The highest BCUT2D eigenvalue weighted by Crippen LogP contribution is 2.17. The zero-order chi connectivity index (χ0) is 17.2. The van der Waals surface area contributed by atoms with Crippen LogP contribution in [-0.2, 0) is 6.54 Å². The van der Waals surface area contributed by atoms with E-state index >= 15 is 0 Å². The molecule has 0 amide bonds. The van der Waals surface area contributed by atoms with Gasteiger partial charge in [-0.3, -0.25) is 4.99 Å². The first kappa shape index (κ1) is 18.6. The fraction of sp³-hybridized carbons (Fsp3) is 0.684. The maximum Gasteiger partial charge on any atom is 0.191 e. The second-order valence-electron chi connectivity index (χ2n) is 6.96. The van der Waals surface area contributed by atoms with Crippen molar-refractivity contribution in [3.63, 3.8) is 0 Å². The zero-order valence-electron chi connectivity index (χ0n) is 15.5. The van der Waals surface area contributed by atoms with Crippen molar-refractivity contribution in [2.24, 2.45) is 10.9 Å². The lowest BCUT2D eigenvalue weighted by Crippen LogP contribution is -2.37. The molecule has 1 saturated heterocycles. The predicted octanol–water partition coefficient (Wildman–Crippen LogP) is 3.17. The van der Waals surface area contributed by atoms with E-state index in [1.54, 1.807) is 0 Å². The van der Waals surface area contributed by atoms with E-state index in [1.165, 1.54) is 37.7 Å². The number of anilines is 1. The first-order valence-electron chi connectivity index (χ1n) is 9.33. The summed E-state index contributed by atoms with van der Waals surface area (Å²) in [6, 6.07) is 4.29. The molecule has 0 saturated carbocycles. The molecule has 24 heavy (non-hydrogen) atoms. The number of hydrogen-bond acceptors (Lipinski definition) is 3. The van der Waals surface area contributed by atoms with Crippen LogP contribution in [0.2, 0.25) is 0 Å². The normalized spacial score (nSPS) is 15.2. The number of nitrogens with zero attached hydrogens (tertiary/aromatic N) is 3. The number of hydrogen-bond donors (Lipinski definition) is 2. The molecular weight excluding hydrogens is 298 g/mol. The summed E-state index contributed by atoms with van der Waals surface area (Å²) in [5.41, 5.74) is 1.18. The summed E-state index contributed by atoms with van der Waals surface area (Å²) in [5.74, 6) is 2.76. The minimum atomic E-state index is 0.749.